The van der Waals surface area contributed by atoms with Gasteiger partial charge in [-0.25, -0.2) is 14.1 Å². The molecule has 0 aliphatic carbocycles. The van der Waals surface area contributed by atoms with Crippen LogP contribution in [-0.4, -0.2) is 25.7 Å². The van der Waals surface area contributed by atoms with E-state index in [4.69, 9.17) is 0 Å². The summed E-state index contributed by atoms with van der Waals surface area (Å²) in [5, 5.41) is 7.40. The number of nitrogens with one attached hydrogen (secondary N) is 1. The van der Waals surface area contributed by atoms with Crippen molar-refractivity contribution in [2.45, 2.75) is 33.1 Å². The molecule has 2 heterocycles. The van der Waals surface area contributed by atoms with E-state index in [0.717, 1.165) is 11.4 Å². The van der Waals surface area contributed by atoms with Gasteiger partial charge in [-0.15, -0.1) is 0 Å². The van der Waals surface area contributed by atoms with Gasteiger partial charge in [-0.05, 0) is 31.2 Å². The van der Waals surface area contributed by atoms with Gasteiger partial charge < -0.3 is 5.32 Å². The maximum atomic E-state index is 13.2. The van der Waals surface area contributed by atoms with Crippen molar-refractivity contribution in [1.82, 2.24) is 19.7 Å². The predicted molar refractivity (Wildman–Crippen MR) is 96.9 cm³/mol. The molecule has 0 aliphatic rings. The minimum atomic E-state index is -0.388. The lowest BCUT2D eigenvalue weighted by molar-refractivity contribution is 0.102. The van der Waals surface area contributed by atoms with E-state index in [0.29, 0.717) is 11.5 Å². The van der Waals surface area contributed by atoms with Crippen molar-refractivity contribution in [1.29, 1.82) is 0 Å². The highest BCUT2D eigenvalue weighted by Crippen LogP contribution is 2.26. The normalized spacial score (nSPS) is 11.4. The highest BCUT2D eigenvalue weighted by molar-refractivity contribution is 6.02. The molecule has 0 aliphatic heterocycles. The minimum absolute atomic E-state index is 0.208. The second-order valence-corrected chi connectivity index (χ2v) is 7.05. The Morgan fingerprint density at radius 2 is 1.81 bits per heavy atom. The van der Waals surface area contributed by atoms with Gasteiger partial charge in [0.2, 0.25) is 0 Å². The Bertz CT molecular complexity index is 924. The summed E-state index contributed by atoms with van der Waals surface area (Å²) in [6.45, 7) is 7.89. The molecule has 1 amide bonds. The summed E-state index contributed by atoms with van der Waals surface area (Å²) in [6.07, 6.45) is 2.96. The molecule has 0 atom stereocenters. The summed E-state index contributed by atoms with van der Waals surface area (Å²) in [5.41, 5.74) is 2.17. The molecule has 6 nitrogen and oxygen atoms in total. The minimum Gasteiger partial charge on any atom is -0.305 e. The zero-order chi connectivity index (χ0) is 18.9. The third-order valence-corrected chi connectivity index (χ3v) is 3.80. The van der Waals surface area contributed by atoms with E-state index < -0.39 is 0 Å². The standard InChI is InChI=1S/C19H20FN5O/c1-12-10-22-15(11-21-12)18(26)23-17-9-16(19(2,3)4)24-25(17)14-7-5-13(20)6-8-14/h5-11H,1-4H3,(H,23,26). The van der Waals surface area contributed by atoms with Gasteiger partial charge in [0, 0.05) is 17.7 Å². The van der Waals surface area contributed by atoms with E-state index in [1.807, 2.05) is 26.8 Å². The van der Waals surface area contributed by atoms with Crippen LogP contribution in [-0.2, 0) is 5.41 Å². The molecule has 1 aromatic carbocycles. The zero-order valence-corrected chi connectivity index (χ0v) is 15.1. The number of aryl methyl sites for hydroxylation is 1. The average molecular weight is 353 g/mol. The second-order valence-electron chi connectivity index (χ2n) is 7.05. The zero-order valence-electron chi connectivity index (χ0n) is 15.1. The molecular weight excluding hydrogens is 333 g/mol. The van der Waals surface area contributed by atoms with Crippen LogP contribution in [0.3, 0.4) is 0 Å². The number of hydrogen-bond acceptors (Lipinski definition) is 4. The highest BCUT2D eigenvalue weighted by atomic mass is 19.1. The number of halogens is 1. The van der Waals surface area contributed by atoms with Gasteiger partial charge >= 0.3 is 0 Å². The molecule has 2 aromatic heterocycles. The van der Waals surface area contributed by atoms with Crippen molar-refractivity contribution in [3.63, 3.8) is 0 Å². The van der Waals surface area contributed by atoms with Crippen molar-refractivity contribution in [2.24, 2.45) is 0 Å². The molecule has 3 rings (SSSR count). The van der Waals surface area contributed by atoms with Crippen LogP contribution in [0.4, 0.5) is 10.2 Å². The molecule has 0 fully saturated rings. The Hall–Kier alpha value is -3.09. The first kappa shape index (κ1) is 17.7. The van der Waals surface area contributed by atoms with Crippen molar-refractivity contribution in [3.8, 4) is 5.69 Å². The summed E-state index contributed by atoms with van der Waals surface area (Å²) < 4.78 is 14.8. The molecule has 7 heteroatoms. The van der Waals surface area contributed by atoms with Gasteiger partial charge in [-0.1, -0.05) is 20.8 Å². The summed E-state index contributed by atoms with van der Waals surface area (Å²) >= 11 is 0. The van der Waals surface area contributed by atoms with Gasteiger partial charge in [0.05, 0.1) is 23.3 Å². The first-order valence-corrected chi connectivity index (χ1v) is 8.20. The lowest BCUT2D eigenvalue weighted by Crippen LogP contribution is -2.17. The Kier molecular flexibility index (Phi) is 4.54. The monoisotopic (exact) mass is 353 g/mol. The number of aromatic nitrogens is 4. The fraction of sp³-hybridized carbons (Fsp3) is 0.263. The number of rotatable bonds is 3. The van der Waals surface area contributed by atoms with Gasteiger partial charge in [-0.2, -0.15) is 5.10 Å². The Morgan fingerprint density at radius 1 is 1.12 bits per heavy atom. The molecule has 1 N–H and O–H groups in total. The largest absolute Gasteiger partial charge is 0.305 e. The maximum Gasteiger partial charge on any atom is 0.277 e. The maximum absolute atomic E-state index is 13.2. The molecular formula is C19H20FN5O. The molecule has 0 radical (unpaired) electrons. The quantitative estimate of drug-likeness (QED) is 0.780. The first-order chi connectivity index (χ1) is 12.2. The smallest absolute Gasteiger partial charge is 0.277 e. The summed E-state index contributed by atoms with van der Waals surface area (Å²) in [4.78, 5) is 20.7. The Balaban J connectivity index is 1.99. The highest BCUT2D eigenvalue weighted by Gasteiger charge is 2.22. The van der Waals surface area contributed by atoms with Crippen LogP contribution in [0.2, 0.25) is 0 Å². The molecule has 3 aromatic rings. The number of anilines is 1. The fourth-order valence-corrected chi connectivity index (χ4v) is 2.31. The molecule has 26 heavy (non-hydrogen) atoms. The number of hydrogen-bond donors (Lipinski definition) is 1. The van der Waals surface area contributed by atoms with Gasteiger partial charge in [0.25, 0.3) is 5.91 Å². The van der Waals surface area contributed by atoms with Crippen LogP contribution in [0.15, 0.2) is 42.7 Å². The third-order valence-electron chi connectivity index (χ3n) is 3.80. The van der Waals surface area contributed by atoms with E-state index in [9.17, 15) is 9.18 Å². The van der Waals surface area contributed by atoms with E-state index in [1.54, 1.807) is 23.7 Å². The number of carbonyl (C=O) groups is 1. The van der Waals surface area contributed by atoms with Crippen LogP contribution in [0.1, 0.15) is 42.6 Å². The molecule has 0 bridgehead atoms. The summed E-state index contributed by atoms with van der Waals surface area (Å²) in [6, 6.07) is 7.73. The number of benzene rings is 1. The van der Waals surface area contributed by atoms with E-state index >= 15 is 0 Å². The number of amides is 1. The molecule has 0 unspecified atom stereocenters. The van der Waals surface area contributed by atoms with Crippen LogP contribution in [0.25, 0.3) is 5.69 Å². The number of carbonyl (C=O) groups excluding carboxylic acids is 1. The van der Waals surface area contributed by atoms with Crippen molar-refractivity contribution >= 4 is 11.7 Å². The van der Waals surface area contributed by atoms with Crippen molar-refractivity contribution < 1.29 is 9.18 Å². The number of nitrogens with zero attached hydrogens (tertiary/aromatic N) is 4. The van der Waals surface area contributed by atoms with Crippen LogP contribution in [0, 0.1) is 12.7 Å². The summed E-state index contributed by atoms with van der Waals surface area (Å²) in [5.74, 6) is -0.243. The fourth-order valence-electron chi connectivity index (χ4n) is 2.31. The van der Waals surface area contributed by atoms with Crippen molar-refractivity contribution in [2.75, 3.05) is 5.32 Å². The molecule has 0 saturated heterocycles. The first-order valence-electron chi connectivity index (χ1n) is 8.20. The predicted octanol–water partition coefficient (Wildman–Crippen LogP) is 3.66. The van der Waals surface area contributed by atoms with Crippen LogP contribution >= 0.6 is 0 Å². The molecule has 0 saturated carbocycles. The Labute approximate surface area is 151 Å². The van der Waals surface area contributed by atoms with E-state index in [1.165, 1.54) is 24.5 Å². The topological polar surface area (TPSA) is 72.7 Å². The SMILES string of the molecule is Cc1cnc(C(=O)Nc2cc(C(C)(C)C)nn2-c2ccc(F)cc2)cn1. The third kappa shape index (κ3) is 3.77. The Morgan fingerprint density at radius 3 is 2.38 bits per heavy atom. The summed E-state index contributed by atoms with van der Waals surface area (Å²) in [7, 11) is 0. The van der Waals surface area contributed by atoms with Gasteiger partial charge in [0.1, 0.15) is 17.3 Å². The molecule has 0 spiro atoms. The van der Waals surface area contributed by atoms with Crippen LogP contribution in [0.5, 0.6) is 0 Å². The second kappa shape index (κ2) is 6.67. The van der Waals surface area contributed by atoms with Gasteiger partial charge in [0.15, 0.2) is 0 Å². The lowest BCUT2D eigenvalue weighted by atomic mass is 9.92. The average Bonchev–Trinajstić information content (AvgIpc) is 3.00. The van der Waals surface area contributed by atoms with E-state index in [-0.39, 0.29) is 22.8 Å². The van der Waals surface area contributed by atoms with E-state index in [2.05, 4.69) is 20.4 Å². The lowest BCUT2D eigenvalue weighted by Gasteiger charge is -2.14. The molecule has 134 valence electrons. The van der Waals surface area contributed by atoms with Crippen LogP contribution < -0.4 is 5.32 Å². The van der Waals surface area contributed by atoms with Gasteiger partial charge in [-0.3, -0.25) is 9.78 Å². The van der Waals surface area contributed by atoms with Crippen molar-refractivity contribution in [3.05, 3.63) is 65.6 Å².